The molecule has 1 aliphatic heterocycles. The predicted octanol–water partition coefficient (Wildman–Crippen LogP) is 3.57. The highest BCUT2D eigenvalue weighted by Gasteiger charge is 2.10. The Morgan fingerprint density at radius 2 is 1.93 bits per heavy atom. The fourth-order valence-corrected chi connectivity index (χ4v) is 3.30. The summed E-state index contributed by atoms with van der Waals surface area (Å²) in [4.78, 5) is 7.30. The minimum atomic E-state index is 0. The third-order valence-electron chi connectivity index (χ3n) is 4.81. The number of benzene rings is 1. The molecule has 0 unspecified atom stereocenters. The van der Waals surface area contributed by atoms with Crippen molar-refractivity contribution >= 4 is 29.9 Å². The van der Waals surface area contributed by atoms with Crippen molar-refractivity contribution in [1.29, 1.82) is 0 Å². The maximum atomic E-state index is 5.93. The van der Waals surface area contributed by atoms with Crippen molar-refractivity contribution in [2.75, 3.05) is 52.5 Å². The zero-order chi connectivity index (χ0) is 20.0. The maximum Gasteiger partial charge on any atom is 0.191 e. The van der Waals surface area contributed by atoms with Gasteiger partial charge in [-0.05, 0) is 71.3 Å². The minimum Gasteiger partial charge on any atom is -0.491 e. The predicted molar refractivity (Wildman–Crippen MR) is 132 cm³/mol. The molecule has 1 saturated heterocycles. The van der Waals surface area contributed by atoms with E-state index in [1.54, 1.807) is 0 Å². The Labute approximate surface area is 193 Å². The average Bonchev–Trinajstić information content (AvgIpc) is 3.21. The van der Waals surface area contributed by atoms with Crippen molar-refractivity contribution in [3.05, 3.63) is 29.3 Å². The Morgan fingerprint density at radius 1 is 1.14 bits per heavy atom. The summed E-state index contributed by atoms with van der Waals surface area (Å²) >= 11 is 0. The van der Waals surface area contributed by atoms with Crippen molar-refractivity contribution in [2.24, 2.45) is 4.99 Å². The SMILES string of the molecule is CCNC(=NCc1ccc(C)cc1OCCOCC)NCCCN1CCCC1.I. The van der Waals surface area contributed by atoms with Gasteiger partial charge in [-0.25, -0.2) is 4.99 Å². The van der Waals surface area contributed by atoms with Gasteiger partial charge < -0.3 is 25.0 Å². The van der Waals surface area contributed by atoms with Crippen LogP contribution in [-0.2, 0) is 11.3 Å². The monoisotopic (exact) mass is 518 g/mol. The van der Waals surface area contributed by atoms with E-state index in [2.05, 4.69) is 47.6 Å². The number of likely N-dealkylation sites (tertiary alicyclic amines) is 1. The number of guanidine groups is 1. The van der Waals surface area contributed by atoms with Gasteiger partial charge in [0.25, 0.3) is 0 Å². The van der Waals surface area contributed by atoms with E-state index in [9.17, 15) is 0 Å². The largest absolute Gasteiger partial charge is 0.491 e. The number of rotatable bonds is 12. The molecule has 29 heavy (non-hydrogen) atoms. The molecule has 0 radical (unpaired) electrons. The van der Waals surface area contributed by atoms with Gasteiger partial charge in [-0.1, -0.05) is 12.1 Å². The van der Waals surface area contributed by atoms with Crippen LogP contribution in [0.4, 0.5) is 0 Å². The highest BCUT2D eigenvalue weighted by Crippen LogP contribution is 2.21. The molecule has 2 rings (SSSR count). The average molecular weight is 518 g/mol. The third kappa shape index (κ3) is 10.5. The van der Waals surface area contributed by atoms with E-state index in [4.69, 9.17) is 14.5 Å². The smallest absolute Gasteiger partial charge is 0.191 e. The summed E-state index contributed by atoms with van der Waals surface area (Å²) in [6.07, 6.45) is 3.84. The van der Waals surface area contributed by atoms with Crippen LogP contribution in [0.1, 0.15) is 44.2 Å². The van der Waals surface area contributed by atoms with Gasteiger partial charge in [-0.3, -0.25) is 0 Å². The molecule has 0 atom stereocenters. The summed E-state index contributed by atoms with van der Waals surface area (Å²) in [6.45, 7) is 14.1. The zero-order valence-corrected chi connectivity index (χ0v) is 20.7. The van der Waals surface area contributed by atoms with Crippen LogP contribution in [0.2, 0.25) is 0 Å². The Hall–Kier alpha value is -1.06. The second-order valence-corrected chi connectivity index (χ2v) is 7.18. The number of nitrogens with zero attached hydrogens (tertiary/aromatic N) is 2. The number of aryl methyl sites for hydroxylation is 1. The van der Waals surface area contributed by atoms with Crippen LogP contribution in [0.15, 0.2) is 23.2 Å². The molecule has 1 aromatic rings. The topological polar surface area (TPSA) is 58.1 Å². The normalized spacial score (nSPS) is 14.5. The number of nitrogens with one attached hydrogen (secondary N) is 2. The first kappa shape index (κ1) is 26.0. The lowest BCUT2D eigenvalue weighted by Crippen LogP contribution is -2.38. The second kappa shape index (κ2) is 15.7. The fourth-order valence-electron chi connectivity index (χ4n) is 3.30. The molecule has 7 heteroatoms. The molecular formula is C22H39IN4O2. The van der Waals surface area contributed by atoms with Crippen LogP contribution < -0.4 is 15.4 Å². The maximum absolute atomic E-state index is 5.93. The quantitative estimate of drug-likeness (QED) is 0.192. The molecule has 0 saturated carbocycles. The summed E-state index contributed by atoms with van der Waals surface area (Å²) in [7, 11) is 0. The summed E-state index contributed by atoms with van der Waals surface area (Å²) in [5.41, 5.74) is 2.28. The van der Waals surface area contributed by atoms with E-state index < -0.39 is 0 Å². The van der Waals surface area contributed by atoms with Gasteiger partial charge in [-0.2, -0.15) is 0 Å². The van der Waals surface area contributed by atoms with E-state index >= 15 is 0 Å². The van der Waals surface area contributed by atoms with Crippen LogP contribution >= 0.6 is 24.0 Å². The first-order valence-corrected chi connectivity index (χ1v) is 10.8. The van der Waals surface area contributed by atoms with Crippen LogP contribution in [0.5, 0.6) is 5.75 Å². The molecule has 1 fully saturated rings. The van der Waals surface area contributed by atoms with Crippen molar-refractivity contribution in [3.8, 4) is 5.75 Å². The van der Waals surface area contributed by atoms with Crippen LogP contribution in [0.3, 0.4) is 0 Å². The van der Waals surface area contributed by atoms with Gasteiger partial charge in [0.05, 0.1) is 13.2 Å². The number of hydrogen-bond donors (Lipinski definition) is 2. The van der Waals surface area contributed by atoms with Gasteiger partial charge in [0.1, 0.15) is 12.4 Å². The van der Waals surface area contributed by atoms with Gasteiger partial charge in [0, 0.05) is 25.3 Å². The van der Waals surface area contributed by atoms with Crippen molar-refractivity contribution < 1.29 is 9.47 Å². The lowest BCUT2D eigenvalue weighted by molar-refractivity contribution is 0.110. The van der Waals surface area contributed by atoms with E-state index in [1.807, 2.05) is 6.92 Å². The molecule has 1 aromatic carbocycles. The number of aliphatic imine (C=N–C) groups is 1. The van der Waals surface area contributed by atoms with Gasteiger partial charge in [-0.15, -0.1) is 24.0 Å². The molecule has 0 aromatic heterocycles. The van der Waals surface area contributed by atoms with E-state index in [-0.39, 0.29) is 24.0 Å². The summed E-state index contributed by atoms with van der Waals surface area (Å²) < 4.78 is 11.3. The first-order valence-electron chi connectivity index (χ1n) is 10.8. The second-order valence-electron chi connectivity index (χ2n) is 7.18. The number of ether oxygens (including phenoxy) is 2. The van der Waals surface area contributed by atoms with Crippen LogP contribution in [0, 0.1) is 6.92 Å². The lowest BCUT2D eigenvalue weighted by atomic mass is 10.1. The first-order chi connectivity index (χ1) is 13.7. The summed E-state index contributed by atoms with van der Waals surface area (Å²) in [5, 5.41) is 6.79. The van der Waals surface area contributed by atoms with E-state index in [0.717, 1.165) is 36.8 Å². The molecule has 6 nitrogen and oxygen atoms in total. The zero-order valence-electron chi connectivity index (χ0n) is 18.3. The molecule has 0 aliphatic carbocycles. The van der Waals surface area contributed by atoms with Gasteiger partial charge >= 0.3 is 0 Å². The van der Waals surface area contributed by atoms with E-state index in [1.165, 1.54) is 38.0 Å². The summed E-state index contributed by atoms with van der Waals surface area (Å²) in [6, 6.07) is 6.29. The molecule has 1 aliphatic rings. The molecule has 0 amide bonds. The van der Waals surface area contributed by atoms with Crippen molar-refractivity contribution in [3.63, 3.8) is 0 Å². The highest BCUT2D eigenvalue weighted by atomic mass is 127. The fraction of sp³-hybridized carbons (Fsp3) is 0.682. The lowest BCUT2D eigenvalue weighted by Gasteiger charge is -2.16. The number of halogens is 1. The highest BCUT2D eigenvalue weighted by molar-refractivity contribution is 14.0. The van der Waals surface area contributed by atoms with Crippen LogP contribution in [0.25, 0.3) is 0 Å². The van der Waals surface area contributed by atoms with Gasteiger partial charge in [0.15, 0.2) is 5.96 Å². The summed E-state index contributed by atoms with van der Waals surface area (Å²) in [5.74, 6) is 1.76. The Kier molecular flexibility index (Phi) is 14.1. The van der Waals surface area contributed by atoms with Gasteiger partial charge in [0.2, 0.25) is 0 Å². The van der Waals surface area contributed by atoms with Crippen molar-refractivity contribution in [1.82, 2.24) is 15.5 Å². The molecular weight excluding hydrogens is 479 g/mol. The molecule has 166 valence electrons. The van der Waals surface area contributed by atoms with E-state index in [0.29, 0.717) is 26.4 Å². The Balaban J connectivity index is 0.00000420. The number of hydrogen-bond acceptors (Lipinski definition) is 4. The Morgan fingerprint density at radius 3 is 2.66 bits per heavy atom. The minimum absolute atomic E-state index is 0. The molecule has 0 spiro atoms. The molecule has 2 N–H and O–H groups in total. The molecule has 1 heterocycles. The molecule has 0 bridgehead atoms. The Bertz CT molecular complexity index is 592. The standard InChI is InChI=1S/C22H38N4O2.HI/c1-4-23-22(24-11-8-14-26-12-6-7-13-26)25-18-20-10-9-19(3)17-21(20)28-16-15-27-5-2;/h9-10,17H,4-8,11-16,18H2,1-3H3,(H2,23,24,25);1H. The van der Waals surface area contributed by atoms with Crippen molar-refractivity contribution in [2.45, 2.75) is 46.6 Å². The van der Waals surface area contributed by atoms with Crippen LogP contribution in [-0.4, -0.2) is 63.4 Å². The third-order valence-corrected chi connectivity index (χ3v) is 4.81.